The topological polar surface area (TPSA) is 25.2 Å². The van der Waals surface area contributed by atoms with E-state index in [9.17, 15) is 5.11 Å². The zero-order valence-electron chi connectivity index (χ0n) is 13.5. The van der Waals surface area contributed by atoms with Crippen molar-refractivity contribution in [2.75, 3.05) is 0 Å². The van der Waals surface area contributed by atoms with Crippen molar-refractivity contribution in [1.29, 1.82) is 0 Å². The summed E-state index contributed by atoms with van der Waals surface area (Å²) >= 11 is 0. The Labute approximate surface area is 123 Å². The third kappa shape index (κ3) is 2.08. The molecule has 0 aliphatic heterocycles. The van der Waals surface area contributed by atoms with Crippen LogP contribution in [0.5, 0.6) is 5.75 Å². The molecule has 110 valence electrons. The number of phenols is 1. The molecule has 1 aromatic carbocycles. The predicted octanol–water partition coefficient (Wildman–Crippen LogP) is 5.37. The summed E-state index contributed by atoms with van der Waals surface area (Å²) in [6.07, 6.45) is 2.25. The second-order valence-corrected chi connectivity index (χ2v) is 12.5. The minimum Gasteiger partial charge on any atom is -0.508 e. The number of phenolic OH excluding ortho intramolecular Hbond substituents is 1. The fourth-order valence-corrected chi connectivity index (χ4v) is 10.9. The molecule has 0 aliphatic carbocycles. The van der Waals surface area contributed by atoms with Gasteiger partial charge in [-0.3, -0.25) is 0 Å². The first-order valence-electron chi connectivity index (χ1n) is 7.62. The van der Waals surface area contributed by atoms with Gasteiger partial charge in [0.15, 0.2) is 8.24 Å². The van der Waals surface area contributed by atoms with Crippen molar-refractivity contribution in [2.24, 2.45) is 0 Å². The van der Waals surface area contributed by atoms with Gasteiger partial charge in [0.25, 0.3) is 0 Å². The number of aromatic nitrogens is 1. The van der Waals surface area contributed by atoms with Crippen LogP contribution in [0.1, 0.15) is 41.5 Å². The summed E-state index contributed by atoms with van der Waals surface area (Å²) in [4.78, 5) is 0. The fraction of sp³-hybridized carbons (Fsp3) is 0.529. The Bertz CT molecular complexity index is 576. The number of hydrogen-bond acceptors (Lipinski definition) is 1. The maximum absolute atomic E-state index is 9.67. The highest BCUT2D eigenvalue weighted by Crippen LogP contribution is 2.44. The molecule has 3 heteroatoms. The van der Waals surface area contributed by atoms with Gasteiger partial charge in [-0.2, -0.15) is 0 Å². The molecule has 0 fully saturated rings. The summed E-state index contributed by atoms with van der Waals surface area (Å²) in [6.45, 7) is 14.2. The van der Waals surface area contributed by atoms with E-state index in [1.807, 2.05) is 6.07 Å². The number of aromatic hydroxyl groups is 1. The van der Waals surface area contributed by atoms with Gasteiger partial charge in [0, 0.05) is 10.9 Å². The summed E-state index contributed by atoms with van der Waals surface area (Å²) in [6, 6.07) is 7.88. The highest BCUT2D eigenvalue weighted by atomic mass is 28.3. The van der Waals surface area contributed by atoms with Gasteiger partial charge >= 0.3 is 0 Å². The largest absolute Gasteiger partial charge is 0.508 e. The Hall–Kier alpha value is -1.22. The summed E-state index contributed by atoms with van der Waals surface area (Å²) in [5.74, 6) is 0.348. The van der Waals surface area contributed by atoms with Gasteiger partial charge in [-0.25, -0.2) is 0 Å². The Morgan fingerprint density at radius 1 is 0.900 bits per heavy atom. The molecule has 0 amide bonds. The lowest BCUT2D eigenvalue weighted by atomic mass is 10.2. The maximum Gasteiger partial charge on any atom is 0.169 e. The SMILES string of the molecule is CC(C)[Si](C(C)C)(C(C)C)n1ccc2cc(O)ccc21. The van der Waals surface area contributed by atoms with Crippen molar-refractivity contribution in [3.05, 3.63) is 30.5 Å². The second-order valence-electron chi connectivity index (χ2n) is 6.78. The van der Waals surface area contributed by atoms with E-state index in [2.05, 4.69) is 64.1 Å². The predicted molar refractivity (Wildman–Crippen MR) is 90.0 cm³/mol. The third-order valence-electron chi connectivity index (χ3n) is 4.87. The van der Waals surface area contributed by atoms with Crippen LogP contribution in [0.15, 0.2) is 30.5 Å². The molecule has 2 rings (SSSR count). The summed E-state index contributed by atoms with van der Waals surface area (Å²) in [5.41, 5.74) is 3.29. The monoisotopic (exact) mass is 289 g/mol. The fourth-order valence-electron chi connectivity index (χ4n) is 4.30. The molecule has 1 N–H and O–H groups in total. The van der Waals surface area contributed by atoms with E-state index in [0.717, 1.165) is 5.39 Å². The van der Waals surface area contributed by atoms with E-state index in [0.29, 0.717) is 22.4 Å². The first kappa shape index (κ1) is 15.2. The van der Waals surface area contributed by atoms with Crippen LogP contribution in [0.2, 0.25) is 16.6 Å². The minimum atomic E-state index is -1.70. The van der Waals surface area contributed by atoms with Crippen molar-refractivity contribution in [1.82, 2.24) is 4.23 Å². The molecular weight excluding hydrogens is 262 g/mol. The Morgan fingerprint density at radius 2 is 1.45 bits per heavy atom. The van der Waals surface area contributed by atoms with E-state index in [1.165, 1.54) is 5.52 Å². The second kappa shape index (κ2) is 5.28. The molecule has 0 unspecified atom stereocenters. The molecule has 0 saturated heterocycles. The molecule has 1 heterocycles. The summed E-state index contributed by atoms with van der Waals surface area (Å²) < 4.78 is 2.57. The number of fused-ring (bicyclic) bond motifs is 1. The van der Waals surface area contributed by atoms with E-state index in [-0.39, 0.29) is 0 Å². The zero-order chi connectivity index (χ0) is 15.1. The Kier molecular flexibility index (Phi) is 4.01. The average molecular weight is 289 g/mol. The van der Waals surface area contributed by atoms with E-state index in [4.69, 9.17) is 0 Å². The molecular formula is C17H27NOSi. The normalized spacial score (nSPS) is 13.1. The highest BCUT2D eigenvalue weighted by molar-refractivity contribution is 6.82. The quantitative estimate of drug-likeness (QED) is 0.752. The van der Waals surface area contributed by atoms with Crippen LogP contribution < -0.4 is 0 Å². The molecule has 0 radical (unpaired) electrons. The highest BCUT2D eigenvalue weighted by Gasteiger charge is 2.45. The molecule has 0 atom stereocenters. The molecule has 2 nitrogen and oxygen atoms in total. The van der Waals surface area contributed by atoms with Crippen molar-refractivity contribution in [3.8, 4) is 5.75 Å². The van der Waals surface area contributed by atoms with Crippen molar-refractivity contribution in [2.45, 2.75) is 58.2 Å². The third-order valence-corrected chi connectivity index (χ3v) is 11.6. The molecule has 0 spiro atoms. The number of hydrogen-bond donors (Lipinski definition) is 1. The van der Waals surface area contributed by atoms with Crippen LogP contribution in [0.3, 0.4) is 0 Å². The zero-order valence-corrected chi connectivity index (χ0v) is 14.5. The molecule has 0 saturated carbocycles. The van der Waals surface area contributed by atoms with E-state index < -0.39 is 8.24 Å². The summed E-state index contributed by atoms with van der Waals surface area (Å²) in [7, 11) is -1.70. The minimum absolute atomic E-state index is 0.348. The smallest absolute Gasteiger partial charge is 0.169 e. The van der Waals surface area contributed by atoms with Crippen LogP contribution in [0, 0.1) is 0 Å². The Balaban J connectivity index is 2.75. The van der Waals surface area contributed by atoms with E-state index in [1.54, 1.807) is 6.07 Å². The van der Waals surface area contributed by atoms with Crippen LogP contribution in [-0.2, 0) is 0 Å². The number of benzene rings is 1. The van der Waals surface area contributed by atoms with E-state index >= 15 is 0 Å². The average Bonchev–Trinajstić information content (AvgIpc) is 2.72. The van der Waals surface area contributed by atoms with Gasteiger partial charge in [-0.05, 0) is 47.1 Å². The van der Waals surface area contributed by atoms with Crippen LogP contribution in [-0.4, -0.2) is 17.6 Å². The summed E-state index contributed by atoms with van der Waals surface area (Å²) in [5, 5.41) is 10.8. The number of nitrogens with zero attached hydrogens (tertiary/aromatic N) is 1. The van der Waals surface area contributed by atoms with Crippen molar-refractivity contribution in [3.63, 3.8) is 0 Å². The van der Waals surface area contributed by atoms with Crippen LogP contribution >= 0.6 is 0 Å². The first-order chi connectivity index (χ1) is 9.31. The lowest BCUT2D eigenvalue weighted by Gasteiger charge is -2.44. The molecule has 20 heavy (non-hydrogen) atoms. The maximum atomic E-state index is 9.67. The molecule has 2 aromatic rings. The number of rotatable bonds is 4. The van der Waals surface area contributed by atoms with Crippen molar-refractivity contribution >= 4 is 19.1 Å². The first-order valence-corrected chi connectivity index (χ1v) is 9.80. The molecule has 1 aromatic heterocycles. The van der Waals surface area contributed by atoms with Gasteiger partial charge in [0.2, 0.25) is 0 Å². The van der Waals surface area contributed by atoms with Gasteiger partial charge in [0.05, 0.1) is 0 Å². The van der Waals surface area contributed by atoms with Gasteiger partial charge in [-0.15, -0.1) is 0 Å². The molecule has 0 aliphatic rings. The molecule has 0 bridgehead atoms. The standard InChI is InChI=1S/C17H27NOSi/c1-12(2)20(13(3)4,14(5)6)18-10-9-15-11-16(19)7-8-17(15)18/h7-14,19H,1-6H3. The lowest BCUT2D eigenvalue weighted by Crippen LogP contribution is -2.51. The van der Waals surface area contributed by atoms with Crippen LogP contribution in [0.4, 0.5) is 0 Å². The van der Waals surface area contributed by atoms with Gasteiger partial charge in [-0.1, -0.05) is 41.5 Å². The van der Waals surface area contributed by atoms with Crippen molar-refractivity contribution < 1.29 is 5.11 Å². The Morgan fingerprint density at radius 3 is 1.95 bits per heavy atom. The van der Waals surface area contributed by atoms with Crippen LogP contribution in [0.25, 0.3) is 10.9 Å². The lowest BCUT2D eigenvalue weighted by molar-refractivity contribution is 0.476. The van der Waals surface area contributed by atoms with Gasteiger partial charge in [0.1, 0.15) is 5.75 Å². The van der Waals surface area contributed by atoms with Gasteiger partial charge < -0.3 is 9.34 Å².